The SMILES string of the molecule is CNc1nc2ccc(S(=O)(=O)NC(O)(CCC(C)C)C(Cc3ccccc3)NC(=O)COc3c(C)cc(N)cc3C)cc2s1. The Morgan fingerprint density at radius 2 is 1.77 bits per heavy atom. The van der Waals surface area contributed by atoms with Crippen LogP contribution in [0.3, 0.4) is 0 Å². The van der Waals surface area contributed by atoms with Gasteiger partial charge in [-0.2, -0.15) is 4.72 Å². The predicted octanol–water partition coefficient (Wildman–Crippen LogP) is 4.75. The van der Waals surface area contributed by atoms with Gasteiger partial charge in [0, 0.05) is 12.7 Å². The van der Waals surface area contributed by atoms with Crippen molar-refractivity contribution in [3.8, 4) is 5.75 Å². The average Bonchev–Trinajstić information content (AvgIpc) is 3.38. The van der Waals surface area contributed by atoms with Gasteiger partial charge in [-0.05, 0) is 86.1 Å². The monoisotopic (exact) mass is 639 g/mol. The molecule has 44 heavy (non-hydrogen) atoms. The van der Waals surface area contributed by atoms with E-state index in [1.54, 1.807) is 25.2 Å². The summed E-state index contributed by atoms with van der Waals surface area (Å²) in [7, 11) is -2.49. The third-order valence-corrected chi connectivity index (χ3v) is 9.85. The quantitative estimate of drug-likeness (QED) is 0.0978. The Labute approximate surface area is 263 Å². The molecule has 0 bridgehead atoms. The highest BCUT2D eigenvalue weighted by atomic mass is 32.2. The summed E-state index contributed by atoms with van der Waals surface area (Å²) in [5.74, 6) is 0.200. The van der Waals surface area contributed by atoms with Crippen LogP contribution >= 0.6 is 11.3 Å². The van der Waals surface area contributed by atoms with Gasteiger partial charge in [-0.25, -0.2) is 13.4 Å². The molecule has 0 saturated heterocycles. The zero-order valence-electron chi connectivity index (χ0n) is 25.7. The van der Waals surface area contributed by atoms with Gasteiger partial charge in [0.1, 0.15) is 11.5 Å². The van der Waals surface area contributed by atoms with Crippen LogP contribution in [0.25, 0.3) is 10.2 Å². The molecule has 6 N–H and O–H groups in total. The lowest BCUT2D eigenvalue weighted by molar-refractivity contribution is -0.127. The van der Waals surface area contributed by atoms with Crippen LogP contribution in [-0.4, -0.2) is 49.8 Å². The van der Waals surface area contributed by atoms with Crippen LogP contribution in [0.5, 0.6) is 5.75 Å². The first-order valence-corrected chi connectivity index (χ1v) is 16.8. The molecule has 1 heterocycles. The summed E-state index contributed by atoms with van der Waals surface area (Å²) in [5, 5.41) is 18.7. The zero-order valence-corrected chi connectivity index (χ0v) is 27.3. The van der Waals surface area contributed by atoms with Crippen molar-refractivity contribution in [3.05, 3.63) is 77.4 Å². The summed E-state index contributed by atoms with van der Waals surface area (Å²) >= 11 is 1.33. The molecule has 4 rings (SSSR count). The van der Waals surface area contributed by atoms with Crippen LogP contribution in [0, 0.1) is 19.8 Å². The molecule has 0 aliphatic carbocycles. The first-order valence-electron chi connectivity index (χ1n) is 14.5. The summed E-state index contributed by atoms with van der Waals surface area (Å²) in [4.78, 5) is 17.7. The molecule has 0 saturated carbocycles. The third-order valence-electron chi connectivity index (χ3n) is 7.32. The molecule has 236 valence electrons. The maximum absolute atomic E-state index is 13.8. The number of nitrogens with zero attached hydrogens (tertiary/aromatic N) is 1. The first-order chi connectivity index (χ1) is 20.8. The molecule has 12 heteroatoms. The maximum atomic E-state index is 13.8. The van der Waals surface area contributed by atoms with Gasteiger partial charge >= 0.3 is 0 Å². The lowest BCUT2D eigenvalue weighted by atomic mass is 9.90. The van der Waals surface area contributed by atoms with Crippen molar-refractivity contribution in [2.45, 2.75) is 63.6 Å². The summed E-state index contributed by atoms with van der Waals surface area (Å²) in [6, 6.07) is 16.4. The molecular formula is C32H41N5O5S2. The zero-order chi connectivity index (χ0) is 32.1. The van der Waals surface area contributed by atoms with Gasteiger partial charge in [0.2, 0.25) is 10.0 Å². The molecule has 1 aromatic heterocycles. The molecule has 0 aliphatic heterocycles. The number of ether oxygens (including phenoxy) is 1. The number of amides is 1. The number of fused-ring (bicyclic) bond motifs is 1. The lowest BCUT2D eigenvalue weighted by Gasteiger charge is -2.38. The number of carbonyl (C=O) groups is 1. The van der Waals surface area contributed by atoms with Gasteiger partial charge in [0.05, 0.1) is 21.2 Å². The number of aliphatic hydroxyl groups is 1. The van der Waals surface area contributed by atoms with Crippen molar-refractivity contribution in [3.63, 3.8) is 0 Å². The van der Waals surface area contributed by atoms with Crippen molar-refractivity contribution in [2.24, 2.45) is 5.92 Å². The highest BCUT2D eigenvalue weighted by molar-refractivity contribution is 7.89. The number of nitrogens with two attached hydrogens (primary N) is 1. The van der Waals surface area contributed by atoms with E-state index in [1.165, 1.54) is 23.5 Å². The minimum absolute atomic E-state index is 0.0123. The number of benzene rings is 3. The Balaban J connectivity index is 1.65. The Morgan fingerprint density at radius 1 is 1.09 bits per heavy atom. The van der Waals surface area contributed by atoms with Gasteiger partial charge in [-0.3, -0.25) is 4.79 Å². The molecule has 3 aromatic carbocycles. The number of aryl methyl sites for hydroxylation is 2. The van der Waals surface area contributed by atoms with Crippen molar-refractivity contribution >= 4 is 48.3 Å². The standard InChI is InChI=1S/C32H41N5O5S2/c1-20(2)13-14-32(39,37-44(40,41)25-11-12-26-27(18-25)43-31(34-5)35-26)28(17-23-9-7-6-8-10-23)36-29(38)19-42-30-21(3)15-24(33)16-22(30)4/h6-12,15-16,18,20,28,37,39H,13-14,17,19,33H2,1-5H3,(H,34,35)(H,36,38). The van der Waals surface area contributed by atoms with E-state index in [0.717, 1.165) is 16.7 Å². The number of rotatable bonds is 14. The van der Waals surface area contributed by atoms with Crippen LogP contribution in [0.1, 0.15) is 43.4 Å². The molecule has 0 fully saturated rings. The molecule has 2 atom stereocenters. The van der Waals surface area contributed by atoms with Crippen molar-refractivity contribution in [2.75, 3.05) is 24.7 Å². The fourth-order valence-corrected chi connectivity index (χ4v) is 7.33. The first kappa shape index (κ1) is 33.2. The van der Waals surface area contributed by atoms with Crippen molar-refractivity contribution in [1.82, 2.24) is 15.0 Å². The van der Waals surface area contributed by atoms with Gasteiger partial charge in [0.25, 0.3) is 5.91 Å². The number of aromatic nitrogens is 1. The second-order valence-corrected chi connectivity index (χ2v) is 14.2. The van der Waals surface area contributed by atoms with E-state index in [4.69, 9.17) is 10.5 Å². The second kappa shape index (κ2) is 13.9. The fourth-order valence-electron chi connectivity index (χ4n) is 5.05. The smallest absolute Gasteiger partial charge is 0.258 e. The summed E-state index contributed by atoms with van der Waals surface area (Å²) in [6.45, 7) is 7.33. The van der Waals surface area contributed by atoms with E-state index in [0.29, 0.717) is 33.2 Å². The minimum atomic E-state index is -4.23. The maximum Gasteiger partial charge on any atom is 0.258 e. The number of anilines is 2. The molecule has 1 amide bonds. The van der Waals surface area contributed by atoms with E-state index >= 15 is 0 Å². The van der Waals surface area contributed by atoms with Crippen LogP contribution < -0.4 is 25.8 Å². The molecule has 0 aliphatic rings. The summed E-state index contributed by atoms with van der Waals surface area (Å²) in [6.07, 6.45) is 0.731. The predicted molar refractivity (Wildman–Crippen MR) is 176 cm³/mol. The number of sulfonamides is 1. The highest BCUT2D eigenvalue weighted by Gasteiger charge is 2.41. The van der Waals surface area contributed by atoms with E-state index in [1.807, 2.05) is 58.0 Å². The molecule has 2 unspecified atom stereocenters. The van der Waals surface area contributed by atoms with E-state index in [9.17, 15) is 18.3 Å². The third kappa shape index (κ3) is 8.26. The Hall–Kier alpha value is -3.71. The van der Waals surface area contributed by atoms with Gasteiger partial charge in [-0.15, -0.1) is 0 Å². The fraction of sp³-hybridized carbons (Fsp3) is 0.375. The number of hydrogen-bond acceptors (Lipinski definition) is 9. The van der Waals surface area contributed by atoms with Gasteiger partial charge in [0.15, 0.2) is 11.7 Å². The molecule has 0 radical (unpaired) electrons. The topological polar surface area (TPSA) is 156 Å². The number of hydrogen-bond donors (Lipinski definition) is 5. The van der Waals surface area contributed by atoms with Crippen molar-refractivity contribution < 1.29 is 23.1 Å². The number of thiazole rings is 1. The summed E-state index contributed by atoms with van der Waals surface area (Å²) < 4.78 is 36.8. The second-order valence-electron chi connectivity index (χ2n) is 11.4. The van der Waals surface area contributed by atoms with Crippen LogP contribution in [0.2, 0.25) is 0 Å². The Kier molecular flexibility index (Phi) is 10.5. The highest BCUT2D eigenvalue weighted by Crippen LogP contribution is 2.30. The van der Waals surface area contributed by atoms with Crippen LogP contribution in [0.4, 0.5) is 10.8 Å². The van der Waals surface area contributed by atoms with E-state index in [2.05, 4.69) is 20.3 Å². The number of nitrogens with one attached hydrogen (secondary N) is 3. The number of carbonyl (C=O) groups excluding carboxylic acids is 1. The molecule has 0 spiro atoms. The van der Waals surface area contributed by atoms with Crippen LogP contribution in [0.15, 0.2) is 65.6 Å². The summed E-state index contributed by atoms with van der Waals surface area (Å²) in [5.41, 5.74) is 7.55. The number of nitrogen functional groups attached to an aromatic ring is 1. The molecule has 4 aromatic rings. The van der Waals surface area contributed by atoms with Crippen molar-refractivity contribution in [1.29, 1.82) is 0 Å². The lowest BCUT2D eigenvalue weighted by Crippen LogP contribution is -2.63. The molecule has 10 nitrogen and oxygen atoms in total. The van der Waals surface area contributed by atoms with Gasteiger partial charge < -0.3 is 26.2 Å². The molecular weight excluding hydrogens is 599 g/mol. The Bertz CT molecular complexity index is 1690. The normalized spacial score (nSPS) is 13.9. The minimum Gasteiger partial charge on any atom is -0.483 e. The largest absolute Gasteiger partial charge is 0.483 e. The van der Waals surface area contributed by atoms with Gasteiger partial charge in [-0.1, -0.05) is 55.5 Å². The van der Waals surface area contributed by atoms with E-state index < -0.39 is 27.7 Å². The average molecular weight is 640 g/mol. The van der Waals surface area contributed by atoms with E-state index in [-0.39, 0.29) is 30.3 Å². The van der Waals surface area contributed by atoms with Crippen LogP contribution in [-0.2, 0) is 21.2 Å². The Morgan fingerprint density at radius 3 is 2.41 bits per heavy atom.